The molecule has 0 bridgehead atoms. The van der Waals surface area contributed by atoms with Gasteiger partial charge in [-0.25, -0.2) is 0 Å². The van der Waals surface area contributed by atoms with Crippen molar-refractivity contribution >= 4 is 28.5 Å². The molecule has 0 atom stereocenters. The molecule has 4 heterocycles. The van der Waals surface area contributed by atoms with Gasteiger partial charge in [0.05, 0.1) is 11.0 Å². The van der Waals surface area contributed by atoms with E-state index in [2.05, 4.69) is 16.0 Å². The van der Waals surface area contributed by atoms with Gasteiger partial charge in [0.15, 0.2) is 0 Å². The molecule has 0 unspecified atom stereocenters. The molecule has 5 aromatic rings. The quantitative estimate of drug-likeness (QED) is 0.302. The number of fused-ring (bicyclic) bond motifs is 3. The molecule has 3 aromatic carbocycles. The Morgan fingerprint density at radius 1 is 0.800 bits per heavy atom. The predicted octanol–water partition coefficient (Wildman–Crippen LogP) is 6.19. The summed E-state index contributed by atoms with van der Waals surface area (Å²) in [6.07, 6.45) is 3.32. The molecule has 7 heteroatoms. The number of amides is 2. The summed E-state index contributed by atoms with van der Waals surface area (Å²) < 4.78 is 5.87. The molecule has 1 saturated heterocycles. The Labute approximate surface area is 232 Å². The largest absolute Gasteiger partial charge is 0.457 e. The van der Waals surface area contributed by atoms with E-state index in [1.807, 2.05) is 101 Å². The Morgan fingerprint density at radius 3 is 2.30 bits per heavy atom. The molecule has 2 amide bonds. The molecule has 2 aromatic heterocycles. The molecular formula is C33H28N4O3. The molecule has 0 saturated carbocycles. The van der Waals surface area contributed by atoms with Crippen molar-refractivity contribution in [2.75, 3.05) is 24.5 Å². The third kappa shape index (κ3) is 4.20. The number of rotatable bonds is 4. The van der Waals surface area contributed by atoms with Gasteiger partial charge in [0, 0.05) is 42.5 Å². The van der Waals surface area contributed by atoms with Crippen molar-refractivity contribution < 1.29 is 14.3 Å². The summed E-state index contributed by atoms with van der Waals surface area (Å²) in [5, 5.41) is 0. The van der Waals surface area contributed by atoms with E-state index in [1.165, 1.54) is 5.56 Å². The number of benzene rings is 3. The number of nitrogens with one attached hydrogen (secondary N) is 1. The maximum Gasteiger partial charge on any atom is 0.274 e. The van der Waals surface area contributed by atoms with Crippen LogP contribution in [0.2, 0.25) is 0 Å². The fourth-order valence-corrected chi connectivity index (χ4v) is 6.07. The van der Waals surface area contributed by atoms with Crippen molar-refractivity contribution in [1.82, 2.24) is 14.9 Å². The van der Waals surface area contributed by atoms with Crippen LogP contribution in [0.15, 0.2) is 103 Å². The van der Waals surface area contributed by atoms with E-state index in [1.54, 1.807) is 6.20 Å². The van der Waals surface area contributed by atoms with E-state index < -0.39 is 0 Å². The fourth-order valence-electron chi connectivity index (χ4n) is 6.07. The Kier molecular flexibility index (Phi) is 5.85. The number of nitrogens with zero attached hydrogens (tertiary/aromatic N) is 3. The van der Waals surface area contributed by atoms with Crippen molar-refractivity contribution in [2.45, 2.75) is 18.3 Å². The number of para-hydroxylation sites is 2. The van der Waals surface area contributed by atoms with E-state index in [-0.39, 0.29) is 17.2 Å². The standard InChI is InChI=1S/C33H28N4O3/c38-31(23-12-14-25(15-13-23)40-24-7-2-1-3-8-24)36-19-16-33(17-20-36)22-37(30-11-5-4-9-26(30)33)32(39)29-21-28-27(35-29)10-6-18-34-28/h1-15,18,21,35H,16-17,19-20,22H2. The molecule has 2 aliphatic heterocycles. The van der Waals surface area contributed by atoms with Crippen LogP contribution < -0.4 is 9.64 Å². The molecule has 1 fully saturated rings. The van der Waals surface area contributed by atoms with Crippen LogP contribution in [0.25, 0.3) is 11.0 Å². The number of aromatic amines is 1. The van der Waals surface area contributed by atoms with Crippen LogP contribution in [0.3, 0.4) is 0 Å². The summed E-state index contributed by atoms with van der Waals surface area (Å²) in [5.74, 6) is 1.41. The lowest BCUT2D eigenvalue weighted by atomic mass is 9.74. The van der Waals surface area contributed by atoms with Crippen molar-refractivity contribution in [3.63, 3.8) is 0 Å². The van der Waals surface area contributed by atoms with Crippen LogP contribution >= 0.6 is 0 Å². The summed E-state index contributed by atoms with van der Waals surface area (Å²) in [4.78, 5) is 38.5. The van der Waals surface area contributed by atoms with Crippen LogP contribution in [-0.2, 0) is 5.41 Å². The van der Waals surface area contributed by atoms with Crippen LogP contribution in [0.1, 0.15) is 39.3 Å². The summed E-state index contributed by atoms with van der Waals surface area (Å²) in [6, 6.07) is 30.7. The number of carbonyl (C=O) groups is 2. The van der Waals surface area contributed by atoms with Gasteiger partial charge in [-0.2, -0.15) is 0 Å². The Balaban J connectivity index is 1.06. The zero-order valence-electron chi connectivity index (χ0n) is 21.9. The SMILES string of the molecule is O=C(c1ccc(Oc2ccccc2)cc1)N1CCC2(CC1)CN(C(=O)c1cc3ncccc3[nH]1)c1ccccc12. The fraction of sp³-hybridized carbons (Fsp3) is 0.182. The normalized spacial score (nSPS) is 15.8. The van der Waals surface area contributed by atoms with E-state index in [0.717, 1.165) is 35.3 Å². The summed E-state index contributed by atoms with van der Waals surface area (Å²) in [7, 11) is 0. The Bertz CT molecular complexity index is 1670. The number of H-pyrrole nitrogens is 1. The highest BCUT2D eigenvalue weighted by atomic mass is 16.5. The molecule has 7 nitrogen and oxygen atoms in total. The van der Waals surface area contributed by atoms with E-state index in [9.17, 15) is 9.59 Å². The van der Waals surface area contributed by atoms with E-state index in [0.29, 0.717) is 36.6 Å². The summed E-state index contributed by atoms with van der Waals surface area (Å²) in [6.45, 7) is 1.86. The van der Waals surface area contributed by atoms with Crippen LogP contribution in [-0.4, -0.2) is 46.3 Å². The maximum atomic E-state index is 13.7. The predicted molar refractivity (Wildman–Crippen MR) is 154 cm³/mol. The zero-order chi connectivity index (χ0) is 27.1. The van der Waals surface area contributed by atoms with Gasteiger partial charge in [0.25, 0.3) is 11.8 Å². The number of anilines is 1. The third-order valence-electron chi connectivity index (χ3n) is 8.18. The number of aromatic nitrogens is 2. The first-order chi connectivity index (χ1) is 19.6. The molecular weight excluding hydrogens is 500 g/mol. The minimum atomic E-state index is -0.180. The molecule has 1 spiro atoms. The zero-order valence-corrected chi connectivity index (χ0v) is 21.9. The number of hydrogen-bond donors (Lipinski definition) is 1. The smallest absolute Gasteiger partial charge is 0.274 e. The van der Waals surface area contributed by atoms with Gasteiger partial charge in [0.2, 0.25) is 0 Å². The van der Waals surface area contributed by atoms with Gasteiger partial charge in [-0.3, -0.25) is 14.6 Å². The highest BCUT2D eigenvalue weighted by Gasteiger charge is 2.47. The van der Waals surface area contributed by atoms with Crippen LogP contribution in [0.4, 0.5) is 5.69 Å². The molecule has 0 radical (unpaired) electrons. The number of carbonyl (C=O) groups excluding carboxylic acids is 2. The van der Waals surface area contributed by atoms with Crippen molar-refractivity contribution in [3.05, 3.63) is 120 Å². The first-order valence-electron chi connectivity index (χ1n) is 13.6. The minimum Gasteiger partial charge on any atom is -0.457 e. The lowest BCUT2D eigenvalue weighted by molar-refractivity contribution is 0.0670. The summed E-state index contributed by atoms with van der Waals surface area (Å²) in [5.41, 5.74) is 4.76. The average molecular weight is 529 g/mol. The lowest BCUT2D eigenvalue weighted by Crippen LogP contribution is -2.47. The number of piperidine rings is 1. The maximum absolute atomic E-state index is 13.7. The molecule has 0 aliphatic carbocycles. The van der Waals surface area contributed by atoms with E-state index >= 15 is 0 Å². The molecule has 40 heavy (non-hydrogen) atoms. The van der Waals surface area contributed by atoms with Crippen molar-refractivity contribution in [1.29, 1.82) is 0 Å². The first kappa shape index (κ1) is 24.2. The third-order valence-corrected chi connectivity index (χ3v) is 8.18. The van der Waals surface area contributed by atoms with E-state index in [4.69, 9.17) is 4.74 Å². The van der Waals surface area contributed by atoms with Crippen LogP contribution in [0, 0.1) is 0 Å². The van der Waals surface area contributed by atoms with Gasteiger partial charge >= 0.3 is 0 Å². The van der Waals surface area contributed by atoms with Gasteiger partial charge in [-0.05, 0) is 79.1 Å². The van der Waals surface area contributed by atoms with Crippen molar-refractivity contribution in [2.24, 2.45) is 0 Å². The number of ether oxygens (including phenoxy) is 1. The van der Waals surface area contributed by atoms with Gasteiger partial charge in [-0.1, -0.05) is 36.4 Å². The summed E-state index contributed by atoms with van der Waals surface area (Å²) >= 11 is 0. The number of pyridine rings is 1. The topological polar surface area (TPSA) is 78.5 Å². The molecule has 1 N–H and O–H groups in total. The second-order valence-electron chi connectivity index (χ2n) is 10.5. The highest BCUT2D eigenvalue weighted by Crippen LogP contribution is 2.47. The van der Waals surface area contributed by atoms with Crippen molar-refractivity contribution in [3.8, 4) is 11.5 Å². The average Bonchev–Trinajstić information content (AvgIpc) is 3.58. The monoisotopic (exact) mass is 528 g/mol. The highest BCUT2D eigenvalue weighted by molar-refractivity contribution is 6.08. The molecule has 198 valence electrons. The Hall–Kier alpha value is -4.91. The first-order valence-corrected chi connectivity index (χ1v) is 13.6. The second kappa shape index (κ2) is 9.68. The molecule has 2 aliphatic rings. The lowest BCUT2D eigenvalue weighted by Gasteiger charge is -2.40. The Morgan fingerprint density at radius 2 is 1.52 bits per heavy atom. The molecule has 7 rings (SSSR count). The minimum absolute atomic E-state index is 0.0194. The van der Waals surface area contributed by atoms with Crippen LogP contribution in [0.5, 0.6) is 11.5 Å². The number of hydrogen-bond acceptors (Lipinski definition) is 4. The van der Waals surface area contributed by atoms with Gasteiger partial charge < -0.3 is 19.5 Å². The number of likely N-dealkylation sites (tertiary alicyclic amines) is 1. The second-order valence-corrected chi connectivity index (χ2v) is 10.5. The van der Waals surface area contributed by atoms with Gasteiger partial charge in [0.1, 0.15) is 17.2 Å². The van der Waals surface area contributed by atoms with Gasteiger partial charge in [-0.15, -0.1) is 0 Å².